The van der Waals surface area contributed by atoms with E-state index in [9.17, 15) is 28.3 Å². The maximum atomic E-state index is 17.5. The van der Waals surface area contributed by atoms with Crippen LogP contribution in [0.1, 0.15) is 50.4 Å². The number of carbonyl (C=O) groups excluding carboxylic acids is 3. The first-order valence-corrected chi connectivity index (χ1v) is 13.4. The minimum absolute atomic E-state index is 0.00125. The fraction of sp³-hybridized carbons (Fsp3) is 0.533. The van der Waals surface area contributed by atoms with Gasteiger partial charge < -0.3 is 14.6 Å². The molecular formula is C30H29F4NO6. The smallest absolute Gasteiger partial charge is 0.352 e. The predicted molar refractivity (Wildman–Crippen MR) is 134 cm³/mol. The highest BCUT2D eigenvalue weighted by atomic mass is 19.2. The first-order chi connectivity index (χ1) is 19.2. The molecule has 0 bridgehead atoms. The Morgan fingerprint density at radius 1 is 1.17 bits per heavy atom. The van der Waals surface area contributed by atoms with Crippen molar-refractivity contribution in [1.29, 1.82) is 5.26 Å². The van der Waals surface area contributed by atoms with Crippen molar-refractivity contribution in [3.8, 4) is 6.07 Å². The van der Waals surface area contributed by atoms with Crippen LogP contribution in [0.4, 0.5) is 17.6 Å². The molecular weight excluding hydrogens is 546 g/mol. The van der Waals surface area contributed by atoms with Gasteiger partial charge in [0.05, 0.1) is 6.10 Å². The molecule has 3 saturated carbocycles. The molecule has 0 amide bonds. The van der Waals surface area contributed by atoms with Gasteiger partial charge in [-0.25, -0.2) is 27.2 Å². The number of carbonyl (C=O) groups is 3. The number of esters is 2. The lowest BCUT2D eigenvalue weighted by molar-refractivity contribution is -0.230. The fourth-order valence-corrected chi connectivity index (χ4v) is 8.31. The highest BCUT2D eigenvalue weighted by Crippen LogP contribution is 2.71. The number of nitrogens with zero attached hydrogens (tertiary/aromatic N) is 1. The van der Waals surface area contributed by atoms with Crippen LogP contribution in [0.3, 0.4) is 0 Å². The van der Waals surface area contributed by atoms with Crippen molar-refractivity contribution in [2.75, 3.05) is 6.61 Å². The van der Waals surface area contributed by atoms with Crippen LogP contribution in [0, 0.1) is 51.5 Å². The monoisotopic (exact) mass is 575 g/mol. The summed E-state index contributed by atoms with van der Waals surface area (Å²) < 4.78 is 73.2. The second-order valence-electron chi connectivity index (χ2n) is 12.0. The quantitative estimate of drug-likeness (QED) is 0.416. The standard InChI is InChI=1S/C30H29F4NO6/c1-15-11-17-18-13-22(33)19-12-16(36)7-8-27(19,2)29(18,34)23(37)14-28(17,3)30(15,26(39)40-10-9-35)41-25(38)24-20(31)5-4-6-21(24)32/h4-8,12,15,17-18,22-23,37H,10-11,13-14H2,1-3H3/t15-,17+,18+,22+,23+,27+,28+,29+,30-/m1/s1. The van der Waals surface area contributed by atoms with Gasteiger partial charge in [0.25, 0.3) is 0 Å². The zero-order valence-corrected chi connectivity index (χ0v) is 22.6. The van der Waals surface area contributed by atoms with Crippen LogP contribution in [0.25, 0.3) is 0 Å². The number of aliphatic hydroxyl groups is 1. The summed E-state index contributed by atoms with van der Waals surface area (Å²) in [6.45, 7) is 3.66. The molecule has 11 heteroatoms. The molecule has 0 heterocycles. The molecule has 41 heavy (non-hydrogen) atoms. The Morgan fingerprint density at radius 2 is 1.83 bits per heavy atom. The van der Waals surface area contributed by atoms with Crippen molar-refractivity contribution in [2.45, 2.75) is 63.6 Å². The van der Waals surface area contributed by atoms with E-state index in [1.54, 1.807) is 6.07 Å². The van der Waals surface area contributed by atoms with E-state index in [1.807, 2.05) is 0 Å². The van der Waals surface area contributed by atoms with E-state index in [1.165, 1.54) is 26.8 Å². The average molecular weight is 576 g/mol. The minimum atomic E-state index is -2.48. The topological polar surface area (TPSA) is 114 Å². The van der Waals surface area contributed by atoms with Crippen molar-refractivity contribution in [3.63, 3.8) is 0 Å². The average Bonchev–Trinajstić information content (AvgIpc) is 3.12. The van der Waals surface area contributed by atoms with E-state index in [-0.39, 0.29) is 12.0 Å². The largest absolute Gasteiger partial charge is 0.447 e. The third-order valence-electron chi connectivity index (χ3n) is 10.2. The van der Waals surface area contributed by atoms with Gasteiger partial charge in [-0.1, -0.05) is 26.0 Å². The molecule has 0 unspecified atom stereocenters. The summed E-state index contributed by atoms with van der Waals surface area (Å²) in [5.41, 5.74) is -9.23. The van der Waals surface area contributed by atoms with Crippen molar-refractivity contribution in [1.82, 2.24) is 0 Å². The van der Waals surface area contributed by atoms with E-state index in [4.69, 9.17) is 14.7 Å². The van der Waals surface area contributed by atoms with Crippen LogP contribution in [0.15, 0.2) is 42.0 Å². The Balaban J connectivity index is 1.65. The highest BCUT2D eigenvalue weighted by molar-refractivity contribution is 6.01. The van der Waals surface area contributed by atoms with Gasteiger partial charge in [-0.3, -0.25) is 4.79 Å². The summed E-state index contributed by atoms with van der Waals surface area (Å²) >= 11 is 0. The van der Waals surface area contributed by atoms with E-state index in [0.29, 0.717) is 0 Å². The van der Waals surface area contributed by atoms with E-state index in [0.717, 1.165) is 30.4 Å². The van der Waals surface area contributed by atoms with Crippen LogP contribution >= 0.6 is 0 Å². The number of fused-ring (bicyclic) bond motifs is 5. The number of aliphatic hydroxyl groups excluding tert-OH is 1. The van der Waals surface area contributed by atoms with Gasteiger partial charge in [0.15, 0.2) is 18.1 Å². The molecule has 1 N–H and O–H groups in total. The van der Waals surface area contributed by atoms with Gasteiger partial charge in [-0.2, -0.15) is 5.26 Å². The Kier molecular flexibility index (Phi) is 6.73. The zero-order chi connectivity index (χ0) is 30.1. The Hall–Kier alpha value is -3.52. The molecule has 0 aromatic heterocycles. The molecule has 0 radical (unpaired) electrons. The molecule has 4 aliphatic rings. The zero-order valence-electron chi connectivity index (χ0n) is 22.6. The van der Waals surface area contributed by atoms with Crippen LogP contribution in [-0.2, 0) is 19.1 Å². The maximum Gasteiger partial charge on any atom is 0.352 e. The SMILES string of the molecule is C[C@@H]1C[C@H]2[C@@H]3C[C@H](F)C4=CC(=O)C=C[C@]4(C)[C@@]3(F)[C@@H](O)C[C@]2(C)[C@]1(OC(=O)c1c(F)cccc1F)C(=O)OCC#N. The minimum Gasteiger partial charge on any atom is -0.447 e. The maximum absolute atomic E-state index is 17.5. The number of allylic oxidation sites excluding steroid dienone is 4. The number of ketones is 1. The first kappa shape index (κ1) is 29.0. The number of hydrogen-bond donors (Lipinski definition) is 1. The summed E-state index contributed by atoms with van der Waals surface area (Å²) in [6.07, 6.45) is -1.05. The van der Waals surface area contributed by atoms with Crippen molar-refractivity contribution < 1.29 is 46.5 Å². The highest BCUT2D eigenvalue weighted by Gasteiger charge is 2.79. The van der Waals surface area contributed by atoms with E-state index >= 15 is 8.78 Å². The molecule has 0 spiro atoms. The Labute approximate surface area is 233 Å². The molecule has 1 aromatic rings. The Morgan fingerprint density at radius 3 is 2.46 bits per heavy atom. The molecule has 7 nitrogen and oxygen atoms in total. The third-order valence-corrected chi connectivity index (χ3v) is 10.2. The molecule has 1 aromatic carbocycles. The van der Waals surface area contributed by atoms with Gasteiger partial charge in [0.2, 0.25) is 5.60 Å². The lowest BCUT2D eigenvalue weighted by atomic mass is 9.44. The van der Waals surface area contributed by atoms with Gasteiger partial charge in [-0.15, -0.1) is 0 Å². The molecule has 9 atom stereocenters. The first-order valence-electron chi connectivity index (χ1n) is 13.4. The Bertz CT molecular complexity index is 1420. The number of rotatable bonds is 4. The number of benzene rings is 1. The van der Waals surface area contributed by atoms with Crippen LogP contribution in [0.5, 0.6) is 0 Å². The van der Waals surface area contributed by atoms with Gasteiger partial charge >= 0.3 is 11.9 Å². The van der Waals surface area contributed by atoms with Crippen LogP contribution in [-0.4, -0.2) is 53.0 Å². The van der Waals surface area contributed by atoms with Crippen molar-refractivity contribution in [3.05, 3.63) is 59.2 Å². The van der Waals surface area contributed by atoms with Crippen molar-refractivity contribution in [2.24, 2.45) is 28.6 Å². The summed E-state index contributed by atoms with van der Waals surface area (Å²) in [7, 11) is 0. The summed E-state index contributed by atoms with van der Waals surface area (Å²) in [4.78, 5) is 39.1. The number of ether oxygens (including phenoxy) is 2. The molecule has 4 aliphatic carbocycles. The molecule has 218 valence electrons. The fourth-order valence-electron chi connectivity index (χ4n) is 8.31. The second-order valence-corrected chi connectivity index (χ2v) is 12.0. The van der Waals surface area contributed by atoms with Crippen LogP contribution in [0.2, 0.25) is 0 Å². The molecule has 0 saturated heterocycles. The number of alkyl halides is 2. The van der Waals surface area contributed by atoms with E-state index in [2.05, 4.69) is 0 Å². The summed E-state index contributed by atoms with van der Waals surface area (Å²) in [5.74, 6) is -8.76. The van der Waals surface area contributed by atoms with Gasteiger partial charge in [0, 0.05) is 22.7 Å². The van der Waals surface area contributed by atoms with Crippen molar-refractivity contribution >= 4 is 17.7 Å². The molecule has 3 fully saturated rings. The van der Waals surface area contributed by atoms with Gasteiger partial charge in [0.1, 0.15) is 29.4 Å². The predicted octanol–water partition coefficient (Wildman–Crippen LogP) is 4.49. The molecule has 0 aliphatic heterocycles. The number of hydrogen-bond acceptors (Lipinski definition) is 7. The van der Waals surface area contributed by atoms with Gasteiger partial charge in [-0.05, 0) is 62.0 Å². The second kappa shape index (κ2) is 9.51. The molecule has 5 rings (SSSR count). The summed E-state index contributed by atoms with van der Waals surface area (Å²) in [5, 5.41) is 20.6. The normalized spacial score (nSPS) is 40.9. The summed E-state index contributed by atoms with van der Waals surface area (Å²) in [6, 6.07) is 4.36. The lowest BCUT2D eigenvalue weighted by Crippen LogP contribution is -2.71. The lowest BCUT2D eigenvalue weighted by Gasteiger charge is -2.63. The number of halogens is 4. The number of nitriles is 1. The van der Waals surface area contributed by atoms with Crippen LogP contribution < -0.4 is 0 Å². The third kappa shape index (κ3) is 3.69. The van der Waals surface area contributed by atoms with E-state index < -0.39 is 106 Å².